The van der Waals surface area contributed by atoms with Gasteiger partial charge in [0.25, 0.3) is 0 Å². The Labute approximate surface area is 132 Å². The molecule has 1 aliphatic heterocycles. The number of hydrogen-bond donors (Lipinski definition) is 0. The number of rotatable bonds is 5. The van der Waals surface area contributed by atoms with Crippen molar-refractivity contribution in [3.8, 4) is 0 Å². The van der Waals surface area contributed by atoms with Crippen LogP contribution in [0.15, 0.2) is 11.7 Å². The van der Waals surface area contributed by atoms with Gasteiger partial charge in [0, 0.05) is 12.4 Å². The summed E-state index contributed by atoms with van der Waals surface area (Å²) in [7, 11) is 1.90. The first kappa shape index (κ1) is 15.1. The summed E-state index contributed by atoms with van der Waals surface area (Å²) >= 11 is 1.53. The SMILES string of the molecule is CCOC(=O)c1csc([C@@H]2CCCN2Cc2ncnn2C)n1. The first-order valence-electron chi connectivity index (χ1n) is 7.38. The van der Waals surface area contributed by atoms with Gasteiger partial charge in [-0.15, -0.1) is 11.3 Å². The van der Waals surface area contributed by atoms with E-state index in [2.05, 4.69) is 20.0 Å². The molecule has 2 aromatic rings. The van der Waals surface area contributed by atoms with Gasteiger partial charge in [0.1, 0.15) is 17.2 Å². The summed E-state index contributed by atoms with van der Waals surface area (Å²) in [6.45, 7) is 3.92. The van der Waals surface area contributed by atoms with Gasteiger partial charge in [0.05, 0.1) is 19.2 Å². The third kappa shape index (κ3) is 3.02. The van der Waals surface area contributed by atoms with Crippen LogP contribution in [0, 0.1) is 0 Å². The molecule has 1 atom stereocenters. The minimum Gasteiger partial charge on any atom is -0.461 e. The number of aryl methyl sites for hydroxylation is 1. The number of nitrogens with zero attached hydrogens (tertiary/aromatic N) is 5. The fourth-order valence-electron chi connectivity index (χ4n) is 2.68. The smallest absolute Gasteiger partial charge is 0.357 e. The molecule has 0 aliphatic carbocycles. The van der Waals surface area contributed by atoms with Crippen molar-refractivity contribution in [3.05, 3.63) is 28.2 Å². The number of thiazole rings is 1. The second-order valence-electron chi connectivity index (χ2n) is 5.22. The number of aromatic nitrogens is 4. The molecule has 3 rings (SSSR count). The number of hydrogen-bond acceptors (Lipinski definition) is 7. The highest BCUT2D eigenvalue weighted by Gasteiger charge is 2.30. The lowest BCUT2D eigenvalue weighted by Crippen LogP contribution is -2.24. The number of ether oxygens (including phenoxy) is 1. The molecule has 0 N–H and O–H groups in total. The molecule has 7 nitrogen and oxygen atoms in total. The number of esters is 1. The van der Waals surface area contributed by atoms with Gasteiger partial charge in [-0.25, -0.2) is 14.8 Å². The summed E-state index contributed by atoms with van der Waals surface area (Å²) in [6.07, 6.45) is 3.74. The zero-order chi connectivity index (χ0) is 15.5. The van der Waals surface area contributed by atoms with Crippen LogP contribution in [0.4, 0.5) is 0 Å². The van der Waals surface area contributed by atoms with E-state index >= 15 is 0 Å². The van der Waals surface area contributed by atoms with Crippen molar-refractivity contribution in [3.63, 3.8) is 0 Å². The standard InChI is InChI=1S/C14H19N5O2S/c1-3-21-14(20)10-8-22-13(17-10)11-5-4-6-19(11)7-12-15-9-16-18(12)2/h8-9,11H,3-7H2,1-2H3/t11-/m0/s1. The summed E-state index contributed by atoms with van der Waals surface area (Å²) in [5.41, 5.74) is 0.410. The maximum absolute atomic E-state index is 11.7. The monoisotopic (exact) mass is 321 g/mol. The van der Waals surface area contributed by atoms with E-state index in [1.54, 1.807) is 23.3 Å². The molecule has 3 heterocycles. The van der Waals surface area contributed by atoms with Gasteiger partial charge in [-0.1, -0.05) is 0 Å². The Bertz CT molecular complexity index is 653. The second kappa shape index (κ2) is 6.53. The molecule has 1 saturated heterocycles. The molecule has 1 fully saturated rings. The van der Waals surface area contributed by atoms with Crippen molar-refractivity contribution in [2.45, 2.75) is 32.4 Å². The molecule has 22 heavy (non-hydrogen) atoms. The first-order chi connectivity index (χ1) is 10.7. The van der Waals surface area contributed by atoms with Crippen LogP contribution in [-0.4, -0.2) is 43.8 Å². The van der Waals surface area contributed by atoms with Gasteiger partial charge in [-0.05, 0) is 26.3 Å². The molecule has 118 valence electrons. The molecule has 8 heteroatoms. The lowest BCUT2D eigenvalue weighted by molar-refractivity contribution is 0.0520. The zero-order valence-corrected chi connectivity index (χ0v) is 13.5. The molecule has 0 saturated carbocycles. The van der Waals surface area contributed by atoms with Crippen LogP contribution in [0.5, 0.6) is 0 Å². The molecular weight excluding hydrogens is 302 g/mol. The van der Waals surface area contributed by atoms with Crippen LogP contribution in [0.2, 0.25) is 0 Å². The molecule has 0 bridgehead atoms. The van der Waals surface area contributed by atoms with Gasteiger partial charge in [0.2, 0.25) is 0 Å². The number of carbonyl (C=O) groups is 1. The Balaban J connectivity index is 1.73. The minimum absolute atomic E-state index is 0.241. The number of likely N-dealkylation sites (tertiary alicyclic amines) is 1. The van der Waals surface area contributed by atoms with Crippen molar-refractivity contribution in [2.75, 3.05) is 13.2 Å². The van der Waals surface area contributed by atoms with Crippen LogP contribution < -0.4 is 0 Å². The maximum atomic E-state index is 11.7. The fourth-order valence-corrected chi connectivity index (χ4v) is 3.64. The average molecular weight is 321 g/mol. The van der Waals surface area contributed by atoms with Gasteiger partial charge in [-0.3, -0.25) is 9.58 Å². The molecule has 0 aromatic carbocycles. The van der Waals surface area contributed by atoms with Gasteiger partial charge in [-0.2, -0.15) is 5.10 Å². The predicted octanol–water partition coefficient (Wildman–Crippen LogP) is 1.79. The van der Waals surface area contributed by atoms with Crippen molar-refractivity contribution < 1.29 is 9.53 Å². The lowest BCUT2D eigenvalue weighted by Gasteiger charge is -2.21. The summed E-state index contributed by atoms with van der Waals surface area (Å²) in [4.78, 5) is 22.8. The molecule has 1 aliphatic rings. The highest BCUT2D eigenvalue weighted by Crippen LogP contribution is 2.34. The third-order valence-electron chi connectivity index (χ3n) is 3.80. The molecular formula is C14H19N5O2S. The highest BCUT2D eigenvalue weighted by molar-refractivity contribution is 7.09. The topological polar surface area (TPSA) is 73.1 Å². The fraction of sp³-hybridized carbons (Fsp3) is 0.571. The van der Waals surface area contributed by atoms with Crippen LogP contribution in [0.1, 0.15) is 47.1 Å². The van der Waals surface area contributed by atoms with Crippen LogP contribution in [-0.2, 0) is 18.3 Å². The third-order valence-corrected chi connectivity index (χ3v) is 4.75. The molecule has 0 spiro atoms. The van der Waals surface area contributed by atoms with E-state index in [-0.39, 0.29) is 12.0 Å². The Hall–Kier alpha value is -1.80. The lowest BCUT2D eigenvalue weighted by atomic mass is 10.2. The predicted molar refractivity (Wildman–Crippen MR) is 81.5 cm³/mol. The quantitative estimate of drug-likeness (QED) is 0.782. The van der Waals surface area contributed by atoms with E-state index in [0.29, 0.717) is 12.3 Å². The van der Waals surface area contributed by atoms with Crippen molar-refractivity contribution in [1.29, 1.82) is 0 Å². The molecule has 0 amide bonds. The van der Waals surface area contributed by atoms with Crippen LogP contribution in [0.3, 0.4) is 0 Å². The number of carbonyl (C=O) groups excluding carboxylic acids is 1. The van der Waals surface area contributed by atoms with Gasteiger partial charge >= 0.3 is 5.97 Å². The van der Waals surface area contributed by atoms with Crippen molar-refractivity contribution >= 4 is 17.3 Å². The first-order valence-corrected chi connectivity index (χ1v) is 8.26. The van der Waals surface area contributed by atoms with E-state index in [1.807, 2.05) is 7.05 Å². The van der Waals surface area contributed by atoms with E-state index in [4.69, 9.17) is 4.74 Å². The Kier molecular flexibility index (Phi) is 4.49. The van der Waals surface area contributed by atoms with Crippen molar-refractivity contribution in [2.24, 2.45) is 7.05 Å². The van der Waals surface area contributed by atoms with Crippen LogP contribution in [0.25, 0.3) is 0 Å². The van der Waals surface area contributed by atoms with Crippen LogP contribution >= 0.6 is 11.3 Å². The normalized spacial score (nSPS) is 18.7. The largest absolute Gasteiger partial charge is 0.461 e. The van der Waals surface area contributed by atoms with Crippen molar-refractivity contribution in [1.82, 2.24) is 24.6 Å². The van der Waals surface area contributed by atoms with Gasteiger partial charge in [0.15, 0.2) is 5.69 Å². The Morgan fingerprint density at radius 2 is 2.41 bits per heavy atom. The summed E-state index contributed by atoms with van der Waals surface area (Å²) in [6, 6.07) is 0.241. The average Bonchev–Trinajstić information content (AvgIpc) is 3.21. The summed E-state index contributed by atoms with van der Waals surface area (Å²) in [5.74, 6) is 0.594. The minimum atomic E-state index is -0.345. The van der Waals surface area contributed by atoms with E-state index < -0.39 is 0 Å². The summed E-state index contributed by atoms with van der Waals surface area (Å²) < 4.78 is 6.79. The molecule has 0 unspecified atom stereocenters. The molecule has 0 radical (unpaired) electrons. The highest BCUT2D eigenvalue weighted by atomic mass is 32.1. The second-order valence-corrected chi connectivity index (χ2v) is 6.11. The Morgan fingerprint density at radius 1 is 1.55 bits per heavy atom. The Morgan fingerprint density at radius 3 is 3.14 bits per heavy atom. The zero-order valence-electron chi connectivity index (χ0n) is 12.7. The van der Waals surface area contributed by atoms with E-state index in [0.717, 1.165) is 36.8 Å². The maximum Gasteiger partial charge on any atom is 0.357 e. The van der Waals surface area contributed by atoms with E-state index in [1.165, 1.54) is 11.3 Å². The van der Waals surface area contributed by atoms with Gasteiger partial charge < -0.3 is 4.74 Å². The van der Waals surface area contributed by atoms with E-state index in [9.17, 15) is 4.79 Å². The molecule has 2 aromatic heterocycles. The summed E-state index contributed by atoms with van der Waals surface area (Å²) in [5, 5.41) is 6.87.